The van der Waals surface area contributed by atoms with Crippen LogP contribution in [0.1, 0.15) is 38.1 Å². The van der Waals surface area contributed by atoms with Crippen molar-refractivity contribution < 1.29 is 0 Å². The molecule has 1 heterocycles. The lowest BCUT2D eigenvalue weighted by Crippen LogP contribution is -2.13. The average Bonchev–Trinajstić information content (AvgIpc) is 2.54. The van der Waals surface area contributed by atoms with Crippen LogP contribution in [-0.4, -0.2) is 9.78 Å². The first kappa shape index (κ1) is 7.65. The number of anilines is 1. The molecule has 1 aliphatic rings. The lowest BCUT2D eigenvalue weighted by Gasteiger charge is -2.21. The Hall–Kier alpha value is -0.990. The van der Waals surface area contributed by atoms with E-state index >= 15 is 0 Å². The number of rotatable bonds is 1. The van der Waals surface area contributed by atoms with Crippen molar-refractivity contribution in [1.29, 1.82) is 0 Å². The van der Waals surface area contributed by atoms with E-state index in [-0.39, 0.29) is 0 Å². The molecule has 3 heteroatoms. The van der Waals surface area contributed by atoms with Crippen molar-refractivity contribution in [2.24, 2.45) is 0 Å². The van der Waals surface area contributed by atoms with E-state index in [9.17, 15) is 0 Å². The molecule has 0 radical (unpaired) electrons. The summed E-state index contributed by atoms with van der Waals surface area (Å²) in [6, 6.07) is 2.48. The Morgan fingerprint density at radius 2 is 2.08 bits per heavy atom. The molecule has 0 atom stereocenters. The van der Waals surface area contributed by atoms with Gasteiger partial charge in [0, 0.05) is 6.20 Å². The van der Waals surface area contributed by atoms with Crippen molar-refractivity contribution in [3.05, 3.63) is 12.3 Å². The number of nitrogens with zero attached hydrogens (tertiary/aromatic N) is 2. The topological polar surface area (TPSA) is 43.8 Å². The van der Waals surface area contributed by atoms with Crippen LogP contribution in [0.25, 0.3) is 0 Å². The molecule has 3 nitrogen and oxygen atoms in total. The number of nitrogen functional groups attached to an aromatic ring is 1. The Morgan fingerprint density at radius 3 is 2.67 bits per heavy atom. The molecular weight excluding hydrogens is 150 g/mol. The highest BCUT2D eigenvalue weighted by Gasteiger charge is 2.15. The third-order valence-corrected chi connectivity index (χ3v) is 2.58. The molecular formula is C9H15N3. The van der Waals surface area contributed by atoms with Gasteiger partial charge in [0.1, 0.15) is 5.82 Å². The summed E-state index contributed by atoms with van der Waals surface area (Å²) in [6.45, 7) is 0. The molecule has 0 unspecified atom stereocenters. The van der Waals surface area contributed by atoms with Crippen LogP contribution in [0.3, 0.4) is 0 Å². The molecule has 2 N–H and O–H groups in total. The van der Waals surface area contributed by atoms with Gasteiger partial charge in [-0.25, -0.2) is 0 Å². The lowest BCUT2D eigenvalue weighted by atomic mass is 9.96. The van der Waals surface area contributed by atoms with Crippen LogP contribution in [0.4, 0.5) is 5.82 Å². The van der Waals surface area contributed by atoms with Gasteiger partial charge in [-0.05, 0) is 18.9 Å². The maximum absolute atomic E-state index is 5.55. The van der Waals surface area contributed by atoms with Crippen LogP contribution >= 0.6 is 0 Å². The van der Waals surface area contributed by atoms with Gasteiger partial charge in [0.05, 0.1) is 6.04 Å². The minimum atomic E-state index is 0.607. The standard InChI is InChI=1S/C9H15N3/c10-9-6-7-12(11-9)8-4-2-1-3-5-8/h6-8H,1-5H2,(H2,10,11). The van der Waals surface area contributed by atoms with E-state index in [0.29, 0.717) is 11.9 Å². The van der Waals surface area contributed by atoms with E-state index in [4.69, 9.17) is 5.73 Å². The average molecular weight is 165 g/mol. The molecule has 0 spiro atoms. The Kier molecular flexibility index (Phi) is 2.02. The predicted octanol–water partition coefficient (Wildman–Crippen LogP) is 1.97. The smallest absolute Gasteiger partial charge is 0.145 e. The van der Waals surface area contributed by atoms with Gasteiger partial charge >= 0.3 is 0 Å². The maximum Gasteiger partial charge on any atom is 0.145 e. The quantitative estimate of drug-likeness (QED) is 0.691. The highest BCUT2D eigenvalue weighted by Crippen LogP contribution is 2.27. The summed E-state index contributed by atoms with van der Waals surface area (Å²) in [5.74, 6) is 0.639. The van der Waals surface area contributed by atoms with Crippen LogP contribution in [-0.2, 0) is 0 Å². The zero-order valence-electron chi connectivity index (χ0n) is 7.24. The summed E-state index contributed by atoms with van der Waals surface area (Å²) in [6.07, 6.45) is 8.58. The first-order valence-corrected chi connectivity index (χ1v) is 4.67. The summed E-state index contributed by atoms with van der Waals surface area (Å²) < 4.78 is 2.02. The SMILES string of the molecule is Nc1ccn(C2CCCCC2)n1. The van der Waals surface area contributed by atoms with Crippen molar-refractivity contribution in [2.75, 3.05) is 5.73 Å². The Morgan fingerprint density at radius 1 is 1.33 bits per heavy atom. The zero-order chi connectivity index (χ0) is 8.39. The van der Waals surface area contributed by atoms with E-state index in [1.54, 1.807) is 0 Å². The Bertz CT molecular complexity index is 248. The number of aromatic nitrogens is 2. The van der Waals surface area contributed by atoms with Crippen LogP contribution in [0.15, 0.2) is 12.3 Å². The predicted molar refractivity (Wildman–Crippen MR) is 48.8 cm³/mol. The van der Waals surface area contributed by atoms with Crippen molar-refractivity contribution in [3.8, 4) is 0 Å². The van der Waals surface area contributed by atoms with Crippen molar-refractivity contribution >= 4 is 5.82 Å². The fourth-order valence-electron chi connectivity index (χ4n) is 1.90. The van der Waals surface area contributed by atoms with Crippen LogP contribution < -0.4 is 5.73 Å². The van der Waals surface area contributed by atoms with Gasteiger partial charge in [0.25, 0.3) is 0 Å². The fourth-order valence-corrected chi connectivity index (χ4v) is 1.90. The van der Waals surface area contributed by atoms with Crippen LogP contribution in [0.5, 0.6) is 0 Å². The first-order valence-electron chi connectivity index (χ1n) is 4.67. The molecule has 1 aromatic heterocycles. The normalized spacial score (nSPS) is 19.7. The third-order valence-electron chi connectivity index (χ3n) is 2.58. The molecule has 1 fully saturated rings. The summed E-state index contributed by atoms with van der Waals surface area (Å²) in [5, 5.41) is 4.23. The van der Waals surface area contributed by atoms with Crippen molar-refractivity contribution in [1.82, 2.24) is 9.78 Å². The maximum atomic E-state index is 5.55. The second kappa shape index (κ2) is 3.17. The van der Waals surface area contributed by atoms with Gasteiger partial charge in [-0.15, -0.1) is 0 Å². The minimum Gasteiger partial charge on any atom is -0.382 e. The van der Waals surface area contributed by atoms with Gasteiger partial charge in [-0.1, -0.05) is 19.3 Å². The number of hydrogen-bond donors (Lipinski definition) is 1. The van der Waals surface area contributed by atoms with Gasteiger partial charge in [0.2, 0.25) is 0 Å². The highest BCUT2D eigenvalue weighted by molar-refractivity contribution is 5.23. The van der Waals surface area contributed by atoms with Crippen molar-refractivity contribution in [3.63, 3.8) is 0 Å². The fraction of sp³-hybridized carbons (Fsp3) is 0.667. The number of hydrogen-bond acceptors (Lipinski definition) is 2. The zero-order valence-corrected chi connectivity index (χ0v) is 7.24. The summed E-state index contributed by atoms with van der Waals surface area (Å²) in [5.41, 5.74) is 5.55. The van der Waals surface area contributed by atoms with E-state index in [2.05, 4.69) is 5.10 Å². The summed E-state index contributed by atoms with van der Waals surface area (Å²) in [7, 11) is 0. The van der Waals surface area contributed by atoms with Gasteiger partial charge < -0.3 is 5.73 Å². The van der Waals surface area contributed by atoms with Crippen LogP contribution in [0.2, 0.25) is 0 Å². The summed E-state index contributed by atoms with van der Waals surface area (Å²) in [4.78, 5) is 0. The van der Waals surface area contributed by atoms with Crippen molar-refractivity contribution in [2.45, 2.75) is 38.1 Å². The molecule has 66 valence electrons. The molecule has 1 saturated carbocycles. The second-order valence-corrected chi connectivity index (χ2v) is 3.51. The second-order valence-electron chi connectivity index (χ2n) is 3.51. The van der Waals surface area contributed by atoms with E-state index in [1.807, 2.05) is 16.9 Å². The third kappa shape index (κ3) is 1.44. The van der Waals surface area contributed by atoms with Crippen LogP contribution in [0, 0.1) is 0 Å². The number of nitrogens with two attached hydrogens (primary N) is 1. The lowest BCUT2D eigenvalue weighted by molar-refractivity contribution is 0.330. The molecule has 2 rings (SSSR count). The van der Waals surface area contributed by atoms with Gasteiger partial charge in [-0.3, -0.25) is 4.68 Å². The molecule has 0 aliphatic heterocycles. The Labute approximate surface area is 72.6 Å². The minimum absolute atomic E-state index is 0.607. The van der Waals surface area contributed by atoms with Gasteiger partial charge in [-0.2, -0.15) is 5.10 Å². The molecule has 0 amide bonds. The largest absolute Gasteiger partial charge is 0.382 e. The molecule has 1 aromatic rings. The monoisotopic (exact) mass is 165 g/mol. The molecule has 0 saturated heterocycles. The highest BCUT2D eigenvalue weighted by atomic mass is 15.3. The molecule has 0 bridgehead atoms. The Balaban J connectivity index is 2.08. The first-order chi connectivity index (χ1) is 5.86. The molecule has 12 heavy (non-hydrogen) atoms. The van der Waals surface area contributed by atoms with E-state index in [1.165, 1.54) is 32.1 Å². The van der Waals surface area contributed by atoms with Gasteiger partial charge in [0.15, 0.2) is 0 Å². The molecule has 1 aliphatic carbocycles. The summed E-state index contributed by atoms with van der Waals surface area (Å²) >= 11 is 0. The molecule has 0 aromatic carbocycles. The van der Waals surface area contributed by atoms with E-state index < -0.39 is 0 Å². The van der Waals surface area contributed by atoms with E-state index in [0.717, 1.165) is 0 Å².